The molecule has 0 N–H and O–H groups in total. The molecule has 3 heterocycles. The number of benzene rings is 7. The Morgan fingerprint density at radius 1 is 0.429 bits per heavy atom. The lowest BCUT2D eigenvalue weighted by atomic mass is 9.99. The summed E-state index contributed by atoms with van der Waals surface area (Å²) in [4.78, 5) is 7.37. The second-order valence-corrected chi connectivity index (χ2v) is 14.4. The first kappa shape index (κ1) is 27.8. The molecule has 49 heavy (non-hydrogen) atoms. The lowest BCUT2D eigenvalue weighted by Crippen LogP contribution is -1.97. The van der Waals surface area contributed by atoms with E-state index in [0.29, 0.717) is 11.4 Å². The minimum atomic E-state index is 0.628. The SMILES string of the molecule is [C-]#[N+]c1ccc(-c2ccc3sc4c(ccc5c6cc(-c7cc([N+]#[C-])ccc7-n7c8ccccc8c8ccccc87)ccc6sc54)c3c2)cc1. The van der Waals surface area contributed by atoms with Gasteiger partial charge >= 0.3 is 0 Å². The number of rotatable bonds is 3. The first-order chi connectivity index (χ1) is 24.2. The van der Waals surface area contributed by atoms with Crippen LogP contribution >= 0.6 is 22.7 Å². The normalized spacial score (nSPS) is 11.6. The molecule has 0 aliphatic carbocycles. The molecule has 0 saturated carbocycles. The molecule has 3 aromatic heterocycles. The van der Waals surface area contributed by atoms with Gasteiger partial charge in [0.25, 0.3) is 0 Å². The highest BCUT2D eigenvalue weighted by Gasteiger charge is 2.18. The van der Waals surface area contributed by atoms with Gasteiger partial charge in [-0.05, 0) is 70.8 Å². The van der Waals surface area contributed by atoms with Crippen molar-refractivity contribution in [2.75, 3.05) is 0 Å². The van der Waals surface area contributed by atoms with Crippen molar-refractivity contribution in [1.29, 1.82) is 0 Å². The van der Waals surface area contributed by atoms with Gasteiger partial charge in [-0.1, -0.05) is 91.0 Å². The zero-order valence-electron chi connectivity index (χ0n) is 25.9. The fourth-order valence-electron chi connectivity index (χ4n) is 7.35. The largest absolute Gasteiger partial charge is 0.309 e. The van der Waals surface area contributed by atoms with Crippen LogP contribution in [-0.4, -0.2) is 4.57 Å². The van der Waals surface area contributed by atoms with Gasteiger partial charge in [0.1, 0.15) is 0 Å². The maximum atomic E-state index is 7.84. The molecule has 10 aromatic rings. The Morgan fingerprint density at radius 2 is 0.959 bits per heavy atom. The molecule has 0 aliphatic heterocycles. The van der Waals surface area contributed by atoms with Crippen molar-refractivity contribution in [3.63, 3.8) is 0 Å². The molecule has 7 aromatic carbocycles. The highest BCUT2D eigenvalue weighted by Crippen LogP contribution is 2.46. The second kappa shape index (κ2) is 10.6. The van der Waals surface area contributed by atoms with E-state index in [0.717, 1.165) is 39.0 Å². The average molecular weight is 658 g/mol. The van der Waals surface area contributed by atoms with Crippen LogP contribution in [0.2, 0.25) is 0 Å². The Morgan fingerprint density at radius 3 is 1.57 bits per heavy atom. The molecule has 0 unspecified atom stereocenters. The average Bonchev–Trinajstić information content (AvgIpc) is 3.83. The Balaban J connectivity index is 1.16. The third-order valence-corrected chi connectivity index (χ3v) is 12.2. The summed E-state index contributed by atoms with van der Waals surface area (Å²) in [6.07, 6.45) is 0. The first-order valence-electron chi connectivity index (χ1n) is 16.0. The third kappa shape index (κ3) is 4.17. The van der Waals surface area contributed by atoms with Crippen LogP contribution in [-0.2, 0) is 0 Å². The van der Waals surface area contributed by atoms with Gasteiger partial charge in [0.15, 0.2) is 11.4 Å². The van der Waals surface area contributed by atoms with Crippen LogP contribution in [0, 0.1) is 13.1 Å². The number of aromatic nitrogens is 1. The summed E-state index contributed by atoms with van der Waals surface area (Å²) in [5, 5.41) is 7.47. The van der Waals surface area contributed by atoms with Gasteiger partial charge in [0.2, 0.25) is 0 Å². The lowest BCUT2D eigenvalue weighted by molar-refractivity contribution is 1.18. The predicted octanol–water partition coefficient (Wildman–Crippen LogP) is 14.0. The first-order valence-corrected chi connectivity index (χ1v) is 17.6. The molecule has 0 spiro atoms. The summed E-state index contributed by atoms with van der Waals surface area (Å²) in [6.45, 7) is 15.1. The molecule has 0 amide bonds. The van der Waals surface area contributed by atoms with Crippen molar-refractivity contribution in [1.82, 2.24) is 4.57 Å². The van der Waals surface area contributed by atoms with Crippen LogP contribution in [0.3, 0.4) is 0 Å². The summed E-state index contributed by atoms with van der Waals surface area (Å²) in [6, 6.07) is 49.1. The van der Waals surface area contributed by atoms with Gasteiger partial charge in [0.05, 0.1) is 39.3 Å². The smallest absolute Gasteiger partial charge is 0.188 e. The van der Waals surface area contributed by atoms with Gasteiger partial charge in [-0.2, -0.15) is 0 Å². The summed E-state index contributed by atoms with van der Waals surface area (Å²) in [5.74, 6) is 0. The Labute approximate surface area is 289 Å². The number of nitrogens with zero attached hydrogens (tertiary/aromatic N) is 3. The third-order valence-electron chi connectivity index (χ3n) is 9.65. The molecular formula is C44H23N3S2. The predicted molar refractivity (Wildman–Crippen MR) is 210 cm³/mol. The van der Waals surface area contributed by atoms with Crippen LogP contribution in [0.15, 0.2) is 140 Å². The minimum Gasteiger partial charge on any atom is -0.309 e. The van der Waals surface area contributed by atoms with E-state index in [1.807, 2.05) is 59.1 Å². The number of thiophene rings is 2. The molecule has 0 radical (unpaired) electrons. The second-order valence-electron chi connectivity index (χ2n) is 12.3. The molecule has 0 fully saturated rings. The Kier molecular flexibility index (Phi) is 6.04. The maximum absolute atomic E-state index is 7.84. The van der Waals surface area contributed by atoms with E-state index in [4.69, 9.17) is 13.1 Å². The molecular weight excluding hydrogens is 635 g/mol. The molecule has 0 aliphatic rings. The van der Waals surface area contributed by atoms with Crippen LogP contribution in [0.4, 0.5) is 11.4 Å². The van der Waals surface area contributed by atoms with Crippen molar-refractivity contribution >= 4 is 96.2 Å². The van der Waals surface area contributed by atoms with E-state index in [-0.39, 0.29) is 0 Å². The van der Waals surface area contributed by atoms with Crippen molar-refractivity contribution in [3.8, 4) is 27.9 Å². The monoisotopic (exact) mass is 657 g/mol. The maximum Gasteiger partial charge on any atom is 0.188 e. The van der Waals surface area contributed by atoms with E-state index >= 15 is 0 Å². The van der Waals surface area contributed by atoms with E-state index in [1.165, 1.54) is 51.1 Å². The van der Waals surface area contributed by atoms with E-state index in [1.54, 1.807) is 0 Å². The van der Waals surface area contributed by atoms with Crippen molar-refractivity contribution in [3.05, 3.63) is 162 Å². The van der Waals surface area contributed by atoms with Crippen LogP contribution < -0.4 is 0 Å². The van der Waals surface area contributed by atoms with Crippen molar-refractivity contribution in [2.45, 2.75) is 0 Å². The van der Waals surface area contributed by atoms with Gasteiger partial charge in [-0.15, -0.1) is 22.7 Å². The van der Waals surface area contributed by atoms with E-state index in [9.17, 15) is 0 Å². The minimum absolute atomic E-state index is 0.628. The zero-order valence-corrected chi connectivity index (χ0v) is 27.6. The fourth-order valence-corrected chi connectivity index (χ4v) is 9.85. The van der Waals surface area contributed by atoms with Crippen molar-refractivity contribution in [2.24, 2.45) is 0 Å². The highest BCUT2D eigenvalue weighted by atomic mass is 32.1. The number of para-hydroxylation sites is 2. The summed E-state index contributed by atoms with van der Waals surface area (Å²) >= 11 is 3.72. The molecule has 0 atom stereocenters. The molecule has 0 saturated heterocycles. The molecule has 0 bridgehead atoms. The van der Waals surface area contributed by atoms with E-state index in [2.05, 4.69) is 117 Å². The summed E-state index contributed by atoms with van der Waals surface area (Å²) in [5.41, 5.74) is 9.07. The fraction of sp³-hybridized carbons (Fsp3) is 0. The summed E-state index contributed by atoms with van der Waals surface area (Å²) in [7, 11) is 0. The van der Waals surface area contributed by atoms with E-state index < -0.39 is 0 Å². The lowest BCUT2D eigenvalue weighted by Gasteiger charge is -2.15. The molecule has 226 valence electrons. The number of hydrogen-bond acceptors (Lipinski definition) is 2. The molecule has 5 heteroatoms. The highest BCUT2D eigenvalue weighted by molar-refractivity contribution is 7.33. The quantitative estimate of drug-likeness (QED) is 0.168. The van der Waals surface area contributed by atoms with Gasteiger partial charge in [0, 0.05) is 41.7 Å². The Hall–Kier alpha value is -6.24. The van der Waals surface area contributed by atoms with Crippen LogP contribution in [0.5, 0.6) is 0 Å². The van der Waals surface area contributed by atoms with Crippen LogP contribution in [0.25, 0.3) is 99.8 Å². The Bertz CT molecular complexity index is 3020. The zero-order chi connectivity index (χ0) is 32.6. The van der Waals surface area contributed by atoms with Gasteiger partial charge in [-0.25, -0.2) is 9.69 Å². The van der Waals surface area contributed by atoms with Gasteiger partial charge in [-0.3, -0.25) is 0 Å². The number of hydrogen-bond donors (Lipinski definition) is 0. The van der Waals surface area contributed by atoms with Crippen LogP contribution in [0.1, 0.15) is 0 Å². The molecule has 10 rings (SSSR count). The topological polar surface area (TPSA) is 13.7 Å². The summed E-state index contributed by atoms with van der Waals surface area (Å²) < 4.78 is 7.50. The van der Waals surface area contributed by atoms with Gasteiger partial charge < -0.3 is 4.57 Å². The number of fused-ring (bicyclic) bond motifs is 10. The molecule has 3 nitrogen and oxygen atoms in total. The van der Waals surface area contributed by atoms with Crippen molar-refractivity contribution < 1.29 is 0 Å². The standard InChI is InChI=1S/C44H23N3S2/c1-45-29-15-11-26(12-16-29)27-13-21-41-36(23-27)33-18-19-34-37-24-28(14-22-42(37)49-44(34)43(33)48-41)35-25-30(46-2)17-20-40(35)47-38-9-5-3-7-31(38)32-8-4-6-10-39(32)47/h3-25H.